The van der Waals surface area contributed by atoms with Crippen molar-refractivity contribution in [1.82, 2.24) is 4.90 Å². The first-order valence-electron chi connectivity index (χ1n) is 7.20. The van der Waals surface area contributed by atoms with E-state index in [1.165, 1.54) is 11.6 Å². The molecule has 0 saturated carbocycles. The van der Waals surface area contributed by atoms with Crippen LogP contribution in [0.3, 0.4) is 0 Å². The summed E-state index contributed by atoms with van der Waals surface area (Å²) in [7, 11) is 0. The number of esters is 1. The van der Waals surface area contributed by atoms with E-state index in [0.29, 0.717) is 26.1 Å². The van der Waals surface area contributed by atoms with Crippen LogP contribution in [0.5, 0.6) is 0 Å². The molecule has 21 heavy (non-hydrogen) atoms. The summed E-state index contributed by atoms with van der Waals surface area (Å²) >= 11 is 0. The summed E-state index contributed by atoms with van der Waals surface area (Å²) < 4.78 is 4.84. The molecule has 1 aromatic rings. The number of Topliss-reactive ketones (excluding diaryl/α,β-unsaturated/α-hetero) is 1. The lowest BCUT2D eigenvalue weighted by Gasteiger charge is -2.20. The van der Waals surface area contributed by atoms with E-state index in [9.17, 15) is 9.59 Å². The molecule has 0 atom stereocenters. The molecule has 1 aromatic carbocycles. The van der Waals surface area contributed by atoms with Crippen LogP contribution in [0.25, 0.3) is 0 Å². The molecule has 0 heterocycles. The second-order valence-corrected chi connectivity index (χ2v) is 4.83. The zero-order chi connectivity index (χ0) is 15.5. The first-order valence-corrected chi connectivity index (χ1v) is 7.20. The van der Waals surface area contributed by atoms with Crippen LogP contribution in [-0.4, -0.2) is 36.3 Å². The zero-order valence-corrected chi connectivity index (χ0v) is 12.7. The Morgan fingerprint density at radius 2 is 1.95 bits per heavy atom. The Balaban J connectivity index is 2.55. The van der Waals surface area contributed by atoms with Crippen molar-refractivity contribution in [1.29, 1.82) is 0 Å². The van der Waals surface area contributed by atoms with Crippen LogP contribution < -0.4 is 0 Å². The van der Waals surface area contributed by atoms with Gasteiger partial charge in [-0.3, -0.25) is 9.69 Å². The van der Waals surface area contributed by atoms with Crippen LogP contribution in [0.4, 0.5) is 0 Å². The lowest BCUT2D eigenvalue weighted by molar-refractivity contribution is -0.137. The van der Waals surface area contributed by atoms with Gasteiger partial charge in [0.2, 0.25) is 0 Å². The summed E-state index contributed by atoms with van der Waals surface area (Å²) in [6.45, 7) is 5.79. The lowest BCUT2D eigenvalue weighted by Crippen LogP contribution is -2.26. The summed E-state index contributed by atoms with van der Waals surface area (Å²) in [5, 5.41) is 0. The Kier molecular flexibility index (Phi) is 8.05. The Hall–Kier alpha value is -1.94. The molecule has 0 saturated heterocycles. The normalized spacial score (nSPS) is 11.0. The van der Waals surface area contributed by atoms with Crippen LogP contribution in [0.1, 0.15) is 25.8 Å². The van der Waals surface area contributed by atoms with Crippen molar-refractivity contribution in [2.45, 2.75) is 26.8 Å². The van der Waals surface area contributed by atoms with Crippen molar-refractivity contribution in [3.8, 4) is 0 Å². The highest BCUT2D eigenvalue weighted by Gasteiger charge is 2.06. The predicted molar refractivity (Wildman–Crippen MR) is 82.8 cm³/mol. The maximum atomic E-state index is 11.3. The zero-order valence-electron chi connectivity index (χ0n) is 12.7. The molecule has 0 amide bonds. The van der Waals surface area contributed by atoms with Gasteiger partial charge in [-0.15, -0.1) is 0 Å². The second kappa shape index (κ2) is 9.88. The quantitative estimate of drug-likeness (QED) is 0.518. The smallest absolute Gasteiger partial charge is 0.330 e. The van der Waals surface area contributed by atoms with Crippen LogP contribution in [0.2, 0.25) is 0 Å². The van der Waals surface area contributed by atoms with Gasteiger partial charge in [-0.2, -0.15) is 0 Å². The van der Waals surface area contributed by atoms with Crippen LogP contribution in [0.15, 0.2) is 42.5 Å². The molecule has 114 valence electrons. The van der Waals surface area contributed by atoms with E-state index >= 15 is 0 Å². The van der Waals surface area contributed by atoms with Gasteiger partial charge in [-0.25, -0.2) is 4.79 Å². The summed E-state index contributed by atoms with van der Waals surface area (Å²) in [5.41, 5.74) is 1.19. The molecular formula is C17H23NO3. The van der Waals surface area contributed by atoms with Crippen LogP contribution in [-0.2, 0) is 20.9 Å². The van der Waals surface area contributed by atoms with Gasteiger partial charge >= 0.3 is 5.97 Å². The Morgan fingerprint density at radius 3 is 2.57 bits per heavy atom. The largest absolute Gasteiger partial charge is 0.463 e. The number of carbonyl (C=O) groups excluding carboxylic acids is 2. The first kappa shape index (κ1) is 17.1. The third-order valence-electron chi connectivity index (χ3n) is 2.93. The number of hydrogen-bond acceptors (Lipinski definition) is 4. The SMILES string of the molecule is CCOC(=O)/C=C/CN(CCC(C)=O)Cc1ccccc1. The first-order chi connectivity index (χ1) is 10.1. The maximum Gasteiger partial charge on any atom is 0.330 e. The van der Waals surface area contributed by atoms with Gasteiger partial charge in [-0.05, 0) is 19.4 Å². The average molecular weight is 289 g/mol. The minimum atomic E-state index is -0.330. The fourth-order valence-corrected chi connectivity index (χ4v) is 1.88. The van der Waals surface area contributed by atoms with E-state index < -0.39 is 0 Å². The van der Waals surface area contributed by atoms with E-state index in [0.717, 1.165) is 6.54 Å². The molecular weight excluding hydrogens is 266 g/mol. The average Bonchev–Trinajstić information content (AvgIpc) is 2.46. The van der Waals surface area contributed by atoms with Crippen molar-refractivity contribution >= 4 is 11.8 Å². The van der Waals surface area contributed by atoms with Gasteiger partial charge in [0.25, 0.3) is 0 Å². The minimum absolute atomic E-state index is 0.169. The van der Waals surface area contributed by atoms with Crippen molar-refractivity contribution in [3.05, 3.63) is 48.0 Å². The van der Waals surface area contributed by atoms with Crippen molar-refractivity contribution in [3.63, 3.8) is 0 Å². The van der Waals surface area contributed by atoms with E-state index in [1.54, 1.807) is 19.9 Å². The molecule has 0 bridgehead atoms. The third kappa shape index (κ3) is 8.05. The topological polar surface area (TPSA) is 46.6 Å². The molecule has 4 heteroatoms. The molecule has 0 aliphatic carbocycles. The minimum Gasteiger partial charge on any atom is -0.463 e. The van der Waals surface area contributed by atoms with Crippen molar-refractivity contribution in [2.75, 3.05) is 19.7 Å². The van der Waals surface area contributed by atoms with Gasteiger partial charge in [0.15, 0.2) is 0 Å². The van der Waals surface area contributed by atoms with E-state index in [-0.39, 0.29) is 11.8 Å². The molecule has 0 radical (unpaired) electrons. The summed E-state index contributed by atoms with van der Waals surface area (Å²) in [5.74, 6) is -0.161. The van der Waals surface area contributed by atoms with Crippen molar-refractivity contribution in [2.24, 2.45) is 0 Å². The standard InChI is InChI=1S/C17H23NO3/c1-3-21-17(20)10-7-12-18(13-11-15(2)19)14-16-8-5-4-6-9-16/h4-10H,3,11-14H2,1-2H3/b10-7+. The fourth-order valence-electron chi connectivity index (χ4n) is 1.88. The number of rotatable bonds is 9. The molecule has 0 aliphatic heterocycles. The van der Waals surface area contributed by atoms with Crippen molar-refractivity contribution < 1.29 is 14.3 Å². The highest BCUT2D eigenvalue weighted by Crippen LogP contribution is 2.05. The van der Waals surface area contributed by atoms with E-state index in [1.807, 2.05) is 18.2 Å². The molecule has 4 nitrogen and oxygen atoms in total. The Labute approximate surface area is 126 Å². The number of nitrogens with zero attached hydrogens (tertiary/aromatic N) is 1. The number of ketones is 1. The van der Waals surface area contributed by atoms with Gasteiger partial charge in [0.1, 0.15) is 5.78 Å². The fraction of sp³-hybridized carbons (Fsp3) is 0.412. The molecule has 0 aliphatic rings. The predicted octanol–water partition coefficient (Wildman–Crippen LogP) is 2.59. The van der Waals surface area contributed by atoms with Gasteiger partial charge in [0.05, 0.1) is 6.61 Å². The number of carbonyl (C=O) groups is 2. The summed E-state index contributed by atoms with van der Waals surface area (Å²) in [6, 6.07) is 10.1. The highest BCUT2D eigenvalue weighted by atomic mass is 16.5. The molecule has 0 aromatic heterocycles. The summed E-state index contributed by atoms with van der Waals surface area (Å²) in [4.78, 5) is 24.5. The Morgan fingerprint density at radius 1 is 1.24 bits per heavy atom. The monoisotopic (exact) mass is 289 g/mol. The Bertz CT molecular complexity index is 468. The van der Waals surface area contributed by atoms with Crippen LogP contribution in [0, 0.1) is 0 Å². The number of hydrogen-bond donors (Lipinski definition) is 0. The second-order valence-electron chi connectivity index (χ2n) is 4.83. The van der Waals surface area contributed by atoms with Gasteiger partial charge < -0.3 is 4.74 Å². The molecule has 0 unspecified atom stereocenters. The van der Waals surface area contributed by atoms with Gasteiger partial charge in [-0.1, -0.05) is 36.4 Å². The third-order valence-corrected chi connectivity index (χ3v) is 2.93. The molecule has 0 N–H and O–H groups in total. The van der Waals surface area contributed by atoms with E-state index in [2.05, 4.69) is 17.0 Å². The maximum absolute atomic E-state index is 11.3. The van der Waals surface area contributed by atoms with E-state index in [4.69, 9.17) is 4.74 Å². The lowest BCUT2D eigenvalue weighted by atomic mass is 10.2. The molecule has 1 rings (SSSR count). The molecule has 0 fully saturated rings. The number of ether oxygens (including phenoxy) is 1. The van der Waals surface area contributed by atoms with Gasteiger partial charge in [0, 0.05) is 32.1 Å². The molecule has 0 spiro atoms. The highest BCUT2D eigenvalue weighted by molar-refractivity contribution is 5.81. The number of benzene rings is 1. The van der Waals surface area contributed by atoms with Crippen LogP contribution >= 0.6 is 0 Å². The summed E-state index contributed by atoms with van der Waals surface area (Å²) in [6.07, 6.45) is 3.73.